The van der Waals surface area contributed by atoms with E-state index in [2.05, 4.69) is 36.0 Å². The summed E-state index contributed by atoms with van der Waals surface area (Å²) in [6, 6.07) is 1.88. The fourth-order valence-corrected chi connectivity index (χ4v) is 2.19. The molecule has 0 aliphatic rings. The van der Waals surface area contributed by atoms with Crippen LogP contribution in [-0.4, -0.2) is 24.7 Å². The van der Waals surface area contributed by atoms with Gasteiger partial charge in [0, 0.05) is 23.6 Å². The number of aryl methyl sites for hydroxylation is 3. The van der Waals surface area contributed by atoms with E-state index < -0.39 is 0 Å². The lowest BCUT2D eigenvalue weighted by atomic mass is 10.4. The van der Waals surface area contributed by atoms with Gasteiger partial charge in [0.25, 0.3) is 0 Å². The summed E-state index contributed by atoms with van der Waals surface area (Å²) in [6.07, 6.45) is 2.31. The molecule has 0 aliphatic heterocycles. The molecule has 0 fully saturated rings. The van der Waals surface area contributed by atoms with E-state index in [1.807, 2.05) is 10.6 Å². The average molecular weight is 323 g/mol. The van der Waals surface area contributed by atoms with Crippen molar-refractivity contribution >= 4 is 33.0 Å². The Hall–Kier alpha value is -1.96. The normalized spacial score (nSPS) is 11.3. The minimum atomic E-state index is 0.428. The highest BCUT2D eigenvalue weighted by atomic mass is 79.9. The molecule has 0 spiro atoms. The zero-order valence-electron chi connectivity index (χ0n) is 10.2. The van der Waals surface area contributed by atoms with Crippen LogP contribution in [0.4, 0.5) is 5.95 Å². The van der Waals surface area contributed by atoms with Gasteiger partial charge >= 0.3 is 0 Å². The predicted molar refractivity (Wildman–Crippen MR) is 72.4 cm³/mol. The molecule has 0 unspecified atom stereocenters. The summed E-state index contributed by atoms with van der Waals surface area (Å²) >= 11 is 3.36. The first-order chi connectivity index (χ1) is 9.13. The molecule has 0 aliphatic carbocycles. The van der Waals surface area contributed by atoms with Gasteiger partial charge in [-0.05, 0) is 28.9 Å². The minimum absolute atomic E-state index is 0.428. The van der Waals surface area contributed by atoms with Crippen LogP contribution in [0.1, 0.15) is 11.7 Å². The molecule has 0 saturated heterocycles. The molecule has 0 saturated carbocycles. The molecule has 2 N–H and O–H groups in total. The van der Waals surface area contributed by atoms with Crippen LogP contribution in [0.5, 0.6) is 0 Å². The van der Waals surface area contributed by atoms with E-state index in [-0.39, 0.29) is 0 Å². The molecule has 0 amide bonds. The van der Waals surface area contributed by atoms with Crippen LogP contribution in [-0.2, 0) is 13.0 Å². The SMILES string of the molecule is Cc1noc(CCn2c(N)nc3cc(Br)cnc32)n1. The number of nitrogens with two attached hydrogens (primary N) is 1. The summed E-state index contributed by atoms with van der Waals surface area (Å²) in [6.45, 7) is 2.38. The largest absolute Gasteiger partial charge is 0.369 e. The Labute approximate surface area is 117 Å². The van der Waals surface area contributed by atoms with Crippen molar-refractivity contribution in [2.75, 3.05) is 5.73 Å². The molecular formula is C11H11BrN6O. The molecule has 3 heterocycles. The molecule has 3 aromatic rings. The average Bonchev–Trinajstić information content (AvgIpc) is 2.89. The maximum absolute atomic E-state index is 5.90. The third kappa shape index (κ3) is 2.30. The van der Waals surface area contributed by atoms with Crippen LogP contribution < -0.4 is 5.73 Å². The first kappa shape index (κ1) is 12.1. The molecule has 98 valence electrons. The van der Waals surface area contributed by atoms with Gasteiger partial charge in [0.1, 0.15) is 5.52 Å². The van der Waals surface area contributed by atoms with E-state index >= 15 is 0 Å². The lowest BCUT2D eigenvalue weighted by Gasteiger charge is -2.03. The molecule has 3 rings (SSSR count). The highest BCUT2D eigenvalue weighted by molar-refractivity contribution is 9.10. The van der Waals surface area contributed by atoms with Crippen LogP contribution in [0.3, 0.4) is 0 Å². The Morgan fingerprint density at radius 2 is 2.26 bits per heavy atom. The third-order valence-corrected chi connectivity index (χ3v) is 3.13. The van der Waals surface area contributed by atoms with Crippen LogP contribution in [0.15, 0.2) is 21.3 Å². The minimum Gasteiger partial charge on any atom is -0.369 e. The van der Waals surface area contributed by atoms with Gasteiger partial charge in [-0.1, -0.05) is 5.16 Å². The monoisotopic (exact) mass is 322 g/mol. The first-order valence-electron chi connectivity index (χ1n) is 5.70. The Kier molecular flexibility index (Phi) is 2.94. The van der Waals surface area contributed by atoms with Crippen molar-refractivity contribution in [1.82, 2.24) is 24.7 Å². The summed E-state index contributed by atoms with van der Waals surface area (Å²) in [5.74, 6) is 1.63. The maximum Gasteiger partial charge on any atom is 0.228 e. The second-order valence-electron chi connectivity index (χ2n) is 4.10. The van der Waals surface area contributed by atoms with Gasteiger partial charge in [-0.3, -0.25) is 4.57 Å². The molecular weight excluding hydrogens is 312 g/mol. The molecule has 0 bridgehead atoms. The standard InChI is InChI=1S/C11H11BrN6O/c1-6-15-9(19-17-6)2-3-18-10-8(16-11(18)13)4-7(12)5-14-10/h4-5H,2-3H2,1H3,(H2,13,16). The molecule has 0 aromatic carbocycles. The zero-order chi connectivity index (χ0) is 13.4. The lowest BCUT2D eigenvalue weighted by Crippen LogP contribution is -2.06. The van der Waals surface area contributed by atoms with Crippen LogP contribution in [0.25, 0.3) is 11.2 Å². The Morgan fingerprint density at radius 3 is 3.00 bits per heavy atom. The Balaban J connectivity index is 1.90. The number of anilines is 1. The van der Waals surface area contributed by atoms with Crippen LogP contribution in [0.2, 0.25) is 0 Å². The highest BCUT2D eigenvalue weighted by Gasteiger charge is 2.11. The highest BCUT2D eigenvalue weighted by Crippen LogP contribution is 2.19. The van der Waals surface area contributed by atoms with Gasteiger partial charge in [-0.15, -0.1) is 0 Å². The zero-order valence-corrected chi connectivity index (χ0v) is 11.8. The number of halogens is 1. The van der Waals surface area contributed by atoms with Crippen molar-refractivity contribution < 1.29 is 4.52 Å². The summed E-state index contributed by atoms with van der Waals surface area (Å²) < 4.78 is 7.78. The first-order valence-corrected chi connectivity index (χ1v) is 6.49. The van der Waals surface area contributed by atoms with Crippen LogP contribution in [0, 0.1) is 6.92 Å². The number of hydrogen-bond acceptors (Lipinski definition) is 6. The van der Waals surface area contributed by atoms with Crippen molar-refractivity contribution in [3.05, 3.63) is 28.5 Å². The van der Waals surface area contributed by atoms with Gasteiger partial charge < -0.3 is 10.3 Å². The summed E-state index contributed by atoms with van der Waals surface area (Å²) in [7, 11) is 0. The Bertz CT molecular complexity index is 734. The summed E-state index contributed by atoms with van der Waals surface area (Å²) in [4.78, 5) is 12.8. The number of aromatic nitrogens is 5. The van der Waals surface area contributed by atoms with Crippen molar-refractivity contribution in [1.29, 1.82) is 0 Å². The smallest absolute Gasteiger partial charge is 0.228 e. The maximum atomic E-state index is 5.90. The van der Waals surface area contributed by atoms with Crippen molar-refractivity contribution in [2.45, 2.75) is 19.9 Å². The number of hydrogen-bond donors (Lipinski definition) is 1. The van der Waals surface area contributed by atoms with Gasteiger partial charge in [0.15, 0.2) is 11.5 Å². The number of rotatable bonds is 3. The Morgan fingerprint density at radius 1 is 1.42 bits per heavy atom. The topological polar surface area (TPSA) is 95.7 Å². The van der Waals surface area contributed by atoms with E-state index in [1.165, 1.54) is 0 Å². The van der Waals surface area contributed by atoms with Crippen molar-refractivity contribution in [2.24, 2.45) is 0 Å². The van der Waals surface area contributed by atoms with Crippen molar-refractivity contribution in [3.8, 4) is 0 Å². The van der Waals surface area contributed by atoms with Gasteiger partial charge in [-0.25, -0.2) is 9.97 Å². The molecule has 8 heteroatoms. The third-order valence-electron chi connectivity index (χ3n) is 2.70. The predicted octanol–water partition coefficient (Wildman–Crippen LogP) is 1.71. The summed E-state index contributed by atoms with van der Waals surface area (Å²) in [5, 5.41) is 3.75. The molecule has 0 radical (unpaired) electrons. The number of fused-ring (bicyclic) bond motifs is 1. The number of nitrogens with zero attached hydrogens (tertiary/aromatic N) is 5. The number of pyridine rings is 1. The number of nitrogen functional groups attached to an aromatic ring is 1. The second kappa shape index (κ2) is 4.61. The number of imidazole rings is 1. The molecule has 7 nitrogen and oxygen atoms in total. The van der Waals surface area contributed by atoms with E-state index in [9.17, 15) is 0 Å². The van der Waals surface area contributed by atoms with Crippen molar-refractivity contribution in [3.63, 3.8) is 0 Å². The fraction of sp³-hybridized carbons (Fsp3) is 0.273. The van der Waals surface area contributed by atoms with E-state index in [4.69, 9.17) is 10.3 Å². The van der Waals surface area contributed by atoms with Gasteiger partial charge in [0.2, 0.25) is 11.8 Å². The molecule has 3 aromatic heterocycles. The second-order valence-corrected chi connectivity index (χ2v) is 5.02. The summed E-state index contributed by atoms with van der Waals surface area (Å²) in [5.41, 5.74) is 7.41. The van der Waals surface area contributed by atoms with Crippen LogP contribution >= 0.6 is 15.9 Å². The van der Waals surface area contributed by atoms with Gasteiger partial charge in [-0.2, -0.15) is 4.98 Å². The molecule has 0 atom stereocenters. The quantitative estimate of drug-likeness (QED) is 0.788. The van der Waals surface area contributed by atoms with E-state index in [0.717, 1.165) is 15.6 Å². The van der Waals surface area contributed by atoms with E-state index in [1.54, 1.807) is 13.1 Å². The van der Waals surface area contributed by atoms with Gasteiger partial charge in [0.05, 0.1) is 0 Å². The lowest BCUT2D eigenvalue weighted by molar-refractivity contribution is 0.369. The molecule has 19 heavy (non-hydrogen) atoms. The van der Waals surface area contributed by atoms with E-state index in [0.29, 0.717) is 30.6 Å². The fourth-order valence-electron chi connectivity index (χ4n) is 1.87.